The Morgan fingerprint density at radius 3 is 2.75 bits per heavy atom. The maximum absolute atomic E-state index is 10.8. The molecule has 0 amide bonds. The van der Waals surface area contributed by atoms with E-state index in [1.807, 2.05) is 6.07 Å². The van der Waals surface area contributed by atoms with Crippen LogP contribution in [0.15, 0.2) is 36.8 Å². The van der Waals surface area contributed by atoms with Crippen LogP contribution in [0.4, 0.5) is 0 Å². The first-order chi connectivity index (χ1) is 9.69. The molecule has 3 aromatic heterocycles. The molecule has 7 nitrogen and oxygen atoms in total. The van der Waals surface area contributed by atoms with Crippen LogP contribution in [0.2, 0.25) is 0 Å². The maximum atomic E-state index is 10.8. The van der Waals surface area contributed by atoms with Gasteiger partial charge in [-0.3, -0.25) is 0 Å². The first-order valence-electron chi connectivity index (χ1n) is 5.62. The number of hydrogen-bond acceptors (Lipinski definition) is 5. The number of fused-ring (bicyclic) bond motifs is 1. The average molecular weight is 265 g/mol. The third-order valence-corrected chi connectivity index (χ3v) is 2.75. The van der Waals surface area contributed by atoms with E-state index in [4.69, 9.17) is 10.4 Å². The van der Waals surface area contributed by atoms with Crippen molar-refractivity contribution >= 4 is 17.0 Å². The third kappa shape index (κ3) is 1.85. The number of aromatic carboxylic acids is 1. The number of carboxylic acids is 1. The zero-order valence-corrected chi connectivity index (χ0v) is 10.1. The van der Waals surface area contributed by atoms with Gasteiger partial charge < -0.3 is 5.11 Å². The molecule has 0 atom stereocenters. The number of carboxylic acid groups (broad SMARTS) is 1. The molecule has 0 aliphatic rings. The summed E-state index contributed by atoms with van der Waals surface area (Å²) >= 11 is 0. The van der Waals surface area contributed by atoms with E-state index >= 15 is 0 Å². The van der Waals surface area contributed by atoms with Crippen LogP contribution in [0.25, 0.3) is 16.9 Å². The molecule has 0 aliphatic carbocycles. The third-order valence-electron chi connectivity index (χ3n) is 2.75. The summed E-state index contributed by atoms with van der Waals surface area (Å²) in [5, 5.41) is 22.5. The topological polar surface area (TPSA) is 105 Å². The van der Waals surface area contributed by atoms with Gasteiger partial charge in [-0.2, -0.15) is 15.0 Å². The molecule has 3 rings (SSSR count). The van der Waals surface area contributed by atoms with E-state index in [1.54, 1.807) is 18.3 Å². The van der Waals surface area contributed by atoms with Crippen molar-refractivity contribution in [1.82, 2.24) is 19.7 Å². The lowest BCUT2D eigenvalue weighted by Gasteiger charge is -2.02. The van der Waals surface area contributed by atoms with Gasteiger partial charge in [-0.1, -0.05) is 0 Å². The highest BCUT2D eigenvalue weighted by Gasteiger charge is 2.09. The summed E-state index contributed by atoms with van der Waals surface area (Å²) in [6.45, 7) is 0. The molecule has 0 bridgehead atoms. The molecule has 0 radical (unpaired) electrons. The summed E-state index contributed by atoms with van der Waals surface area (Å²) in [5.74, 6) is -0.576. The van der Waals surface area contributed by atoms with Gasteiger partial charge in [-0.15, -0.1) is 0 Å². The quantitative estimate of drug-likeness (QED) is 0.750. The predicted molar refractivity (Wildman–Crippen MR) is 68.3 cm³/mol. The van der Waals surface area contributed by atoms with Gasteiger partial charge in [0.2, 0.25) is 0 Å². The van der Waals surface area contributed by atoms with Crippen molar-refractivity contribution in [2.75, 3.05) is 0 Å². The molecule has 0 spiro atoms. The number of aromatic nitrogens is 4. The van der Waals surface area contributed by atoms with Gasteiger partial charge in [-0.05, 0) is 18.2 Å². The summed E-state index contributed by atoms with van der Waals surface area (Å²) in [4.78, 5) is 19.0. The molecule has 0 aliphatic heterocycles. The smallest absolute Gasteiger partial charge is 0.337 e. The van der Waals surface area contributed by atoms with Gasteiger partial charge in [0.1, 0.15) is 6.07 Å². The molecular weight excluding hydrogens is 258 g/mol. The Labute approximate surface area is 112 Å². The second-order valence-electron chi connectivity index (χ2n) is 4.02. The Morgan fingerprint density at radius 2 is 2.10 bits per heavy atom. The molecular formula is C13H7N5O2. The largest absolute Gasteiger partial charge is 0.478 e. The van der Waals surface area contributed by atoms with E-state index in [9.17, 15) is 4.79 Å². The summed E-state index contributed by atoms with van der Waals surface area (Å²) in [7, 11) is 0. The van der Waals surface area contributed by atoms with Gasteiger partial charge >= 0.3 is 5.97 Å². The summed E-state index contributed by atoms with van der Waals surface area (Å²) in [5.41, 5.74) is 1.11. The van der Waals surface area contributed by atoms with Crippen molar-refractivity contribution in [3.63, 3.8) is 0 Å². The molecule has 0 fully saturated rings. The standard InChI is InChI=1S/C13H7N5O2/c14-4-8-3-10-7-17-18(12(10)16-5-8)11-2-1-9(6-15-11)13(19)20/h1-3,5-7H,(H,19,20). The van der Waals surface area contributed by atoms with E-state index in [1.165, 1.54) is 23.1 Å². The lowest BCUT2D eigenvalue weighted by atomic mass is 10.2. The average Bonchev–Trinajstić information content (AvgIpc) is 2.90. The minimum Gasteiger partial charge on any atom is -0.478 e. The number of carbonyl (C=O) groups is 1. The minimum atomic E-state index is -1.04. The van der Waals surface area contributed by atoms with Crippen LogP contribution in [0.3, 0.4) is 0 Å². The first-order valence-corrected chi connectivity index (χ1v) is 5.62. The normalized spacial score (nSPS) is 10.3. The molecule has 1 N–H and O–H groups in total. The Kier molecular flexibility index (Phi) is 2.62. The SMILES string of the molecule is N#Cc1cnc2c(cnn2-c2ccc(C(=O)O)cn2)c1. The van der Waals surface area contributed by atoms with Crippen LogP contribution in [-0.2, 0) is 0 Å². The Morgan fingerprint density at radius 1 is 1.25 bits per heavy atom. The monoisotopic (exact) mass is 265 g/mol. The number of rotatable bonds is 2. The summed E-state index contributed by atoms with van der Waals surface area (Å²) < 4.78 is 1.49. The van der Waals surface area contributed by atoms with Gasteiger partial charge in [-0.25, -0.2) is 14.8 Å². The van der Waals surface area contributed by atoms with Gasteiger partial charge in [0.05, 0.1) is 17.3 Å². The van der Waals surface area contributed by atoms with Crippen LogP contribution in [-0.4, -0.2) is 30.8 Å². The Bertz CT molecular complexity index is 845. The van der Waals surface area contributed by atoms with E-state index < -0.39 is 5.97 Å². The fourth-order valence-electron chi connectivity index (χ4n) is 1.79. The second-order valence-corrected chi connectivity index (χ2v) is 4.02. The number of nitrogens with zero attached hydrogens (tertiary/aromatic N) is 5. The van der Waals surface area contributed by atoms with Crippen LogP contribution < -0.4 is 0 Å². The van der Waals surface area contributed by atoms with Gasteiger partial charge in [0, 0.05) is 17.8 Å². The predicted octanol–water partition coefficient (Wildman–Crippen LogP) is 1.39. The van der Waals surface area contributed by atoms with Crippen molar-refractivity contribution < 1.29 is 9.90 Å². The molecule has 7 heteroatoms. The van der Waals surface area contributed by atoms with Gasteiger partial charge in [0.15, 0.2) is 11.5 Å². The zero-order valence-electron chi connectivity index (χ0n) is 10.1. The molecule has 0 aromatic carbocycles. The van der Waals surface area contributed by atoms with E-state index in [0.29, 0.717) is 22.4 Å². The Balaban J connectivity index is 2.10. The van der Waals surface area contributed by atoms with Crippen molar-refractivity contribution in [2.24, 2.45) is 0 Å². The highest BCUT2D eigenvalue weighted by atomic mass is 16.4. The van der Waals surface area contributed by atoms with Gasteiger partial charge in [0.25, 0.3) is 0 Å². The molecule has 0 saturated heterocycles. The number of pyridine rings is 2. The fraction of sp³-hybridized carbons (Fsp3) is 0. The van der Waals surface area contributed by atoms with Crippen LogP contribution in [0.5, 0.6) is 0 Å². The van der Waals surface area contributed by atoms with Crippen molar-refractivity contribution in [1.29, 1.82) is 5.26 Å². The van der Waals surface area contributed by atoms with Crippen molar-refractivity contribution in [3.8, 4) is 11.9 Å². The van der Waals surface area contributed by atoms with Crippen LogP contribution >= 0.6 is 0 Å². The summed E-state index contributed by atoms with van der Waals surface area (Å²) in [6, 6.07) is 6.68. The molecule has 20 heavy (non-hydrogen) atoms. The lowest BCUT2D eigenvalue weighted by molar-refractivity contribution is 0.0696. The molecule has 3 heterocycles. The lowest BCUT2D eigenvalue weighted by Crippen LogP contribution is -2.03. The zero-order chi connectivity index (χ0) is 14.1. The van der Waals surface area contributed by atoms with Crippen LogP contribution in [0, 0.1) is 11.3 Å². The van der Waals surface area contributed by atoms with Crippen molar-refractivity contribution in [2.45, 2.75) is 0 Å². The number of hydrogen-bond donors (Lipinski definition) is 1. The molecule has 3 aromatic rings. The van der Waals surface area contributed by atoms with Crippen molar-refractivity contribution in [3.05, 3.63) is 47.9 Å². The van der Waals surface area contributed by atoms with E-state index in [-0.39, 0.29) is 5.56 Å². The summed E-state index contributed by atoms with van der Waals surface area (Å²) in [6.07, 6.45) is 4.29. The first kappa shape index (κ1) is 11.8. The van der Waals surface area contributed by atoms with E-state index in [2.05, 4.69) is 15.1 Å². The fourth-order valence-corrected chi connectivity index (χ4v) is 1.79. The molecule has 96 valence electrons. The van der Waals surface area contributed by atoms with Crippen LogP contribution in [0.1, 0.15) is 15.9 Å². The minimum absolute atomic E-state index is 0.102. The van der Waals surface area contributed by atoms with E-state index in [0.717, 1.165) is 0 Å². The highest BCUT2D eigenvalue weighted by molar-refractivity contribution is 5.87. The maximum Gasteiger partial charge on any atom is 0.337 e. The second kappa shape index (κ2) is 4.44. The molecule has 0 unspecified atom stereocenters. The highest BCUT2D eigenvalue weighted by Crippen LogP contribution is 2.16. The Hall–Kier alpha value is -3.27. The molecule has 0 saturated carbocycles. The number of nitriles is 1.